The van der Waals surface area contributed by atoms with Crippen molar-refractivity contribution in [1.82, 2.24) is 4.98 Å². The lowest BCUT2D eigenvalue weighted by Gasteiger charge is -2.17. The van der Waals surface area contributed by atoms with Crippen LogP contribution in [-0.4, -0.2) is 23.9 Å². The highest BCUT2D eigenvalue weighted by atomic mass is 32.1. The van der Waals surface area contributed by atoms with Crippen LogP contribution in [0, 0.1) is 5.41 Å². The van der Waals surface area contributed by atoms with Crippen molar-refractivity contribution in [2.75, 3.05) is 17.7 Å². The van der Waals surface area contributed by atoms with Crippen LogP contribution in [0.25, 0.3) is 11.3 Å². The van der Waals surface area contributed by atoms with Crippen LogP contribution in [-0.2, 0) is 16.0 Å². The van der Waals surface area contributed by atoms with E-state index >= 15 is 0 Å². The van der Waals surface area contributed by atoms with Gasteiger partial charge in [0.2, 0.25) is 11.8 Å². The van der Waals surface area contributed by atoms with Crippen LogP contribution in [0.1, 0.15) is 26.3 Å². The lowest BCUT2D eigenvalue weighted by atomic mass is 9.95. The van der Waals surface area contributed by atoms with E-state index < -0.39 is 5.41 Å². The van der Waals surface area contributed by atoms with Gasteiger partial charge in [0, 0.05) is 22.0 Å². The number of carbonyl (C=O) groups excluding carboxylic acids is 2. The molecule has 0 aliphatic heterocycles. The Hall–Kier alpha value is -3.19. The van der Waals surface area contributed by atoms with Gasteiger partial charge in [0.25, 0.3) is 0 Å². The van der Waals surface area contributed by atoms with Gasteiger partial charge in [0.15, 0.2) is 5.13 Å². The fourth-order valence-corrected chi connectivity index (χ4v) is 3.37. The molecule has 0 aliphatic carbocycles. The highest BCUT2D eigenvalue weighted by Gasteiger charge is 2.21. The van der Waals surface area contributed by atoms with E-state index in [1.807, 2.05) is 74.7 Å². The van der Waals surface area contributed by atoms with E-state index in [9.17, 15) is 9.59 Å². The molecule has 0 fully saturated rings. The first-order chi connectivity index (χ1) is 14.2. The zero-order chi connectivity index (χ0) is 21.7. The molecular weight excluding hydrogens is 398 g/mol. The Morgan fingerprint density at radius 1 is 1.07 bits per heavy atom. The first-order valence-electron chi connectivity index (χ1n) is 9.55. The maximum Gasteiger partial charge on any atom is 0.230 e. The second-order valence-corrected chi connectivity index (χ2v) is 8.75. The van der Waals surface area contributed by atoms with Crippen molar-refractivity contribution >= 4 is 34.0 Å². The molecule has 30 heavy (non-hydrogen) atoms. The number of hydrogen-bond donors (Lipinski definition) is 2. The van der Waals surface area contributed by atoms with Gasteiger partial charge >= 0.3 is 0 Å². The molecule has 0 saturated carbocycles. The molecule has 7 heteroatoms. The molecule has 0 atom stereocenters. The number of nitrogens with one attached hydrogen (secondary N) is 2. The van der Waals surface area contributed by atoms with Crippen LogP contribution >= 0.6 is 11.3 Å². The Labute approximate surface area is 180 Å². The molecule has 1 heterocycles. The summed E-state index contributed by atoms with van der Waals surface area (Å²) in [6.07, 6.45) is 0.244. The molecule has 0 radical (unpaired) electrons. The Balaban J connectivity index is 1.61. The normalized spacial score (nSPS) is 11.1. The number of thiazole rings is 1. The van der Waals surface area contributed by atoms with Crippen molar-refractivity contribution in [2.24, 2.45) is 5.41 Å². The van der Waals surface area contributed by atoms with Crippen molar-refractivity contribution < 1.29 is 14.3 Å². The van der Waals surface area contributed by atoms with Gasteiger partial charge in [-0.25, -0.2) is 4.98 Å². The first-order valence-corrected chi connectivity index (χ1v) is 10.4. The van der Waals surface area contributed by atoms with E-state index in [1.54, 1.807) is 7.11 Å². The molecule has 0 aliphatic rings. The molecule has 2 N–H and O–H groups in total. The van der Waals surface area contributed by atoms with Crippen molar-refractivity contribution in [3.63, 3.8) is 0 Å². The van der Waals surface area contributed by atoms with Crippen LogP contribution in [0.4, 0.5) is 10.8 Å². The minimum atomic E-state index is -0.453. The molecule has 156 valence electrons. The predicted octanol–water partition coefficient (Wildman–Crippen LogP) is 4.98. The van der Waals surface area contributed by atoms with Crippen LogP contribution in [0.2, 0.25) is 0 Å². The van der Waals surface area contributed by atoms with Crippen molar-refractivity contribution in [2.45, 2.75) is 27.2 Å². The standard InChI is InChI=1S/C23H25N3O3S/c1-23(2,3)21(28)24-17-10-8-16(9-11-17)19-14-30-22(25-19)26-20(27)13-15-6-5-7-18(12-15)29-4/h5-12,14H,13H2,1-4H3,(H,24,28)(H,25,26,27). The van der Waals surface area contributed by atoms with Gasteiger partial charge in [-0.3, -0.25) is 9.59 Å². The fraction of sp³-hybridized carbons (Fsp3) is 0.261. The monoisotopic (exact) mass is 423 g/mol. The Morgan fingerprint density at radius 3 is 2.47 bits per heavy atom. The summed E-state index contributed by atoms with van der Waals surface area (Å²) >= 11 is 1.37. The molecule has 0 spiro atoms. The van der Waals surface area contributed by atoms with Crippen LogP contribution < -0.4 is 15.4 Å². The molecule has 2 aromatic carbocycles. The van der Waals surface area contributed by atoms with Gasteiger partial charge in [-0.05, 0) is 29.8 Å². The third-order valence-electron chi connectivity index (χ3n) is 4.37. The highest BCUT2D eigenvalue weighted by molar-refractivity contribution is 7.14. The average molecular weight is 424 g/mol. The van der Waals surface area contributed by atoms with E-state index in [1.165, 1.54) is 11.3 Å². The summed E-state index contributed by atoms with van der Waals surface area (Å²) in [6.45, 7) is 5.61. The largest absolute Gasteiger partial charge is 0.497 e. The highest BCUT2D eigenvalue weighted by Crippen LogP contribution is 2.27. The molecule has 3 aromatic rings. The number of benzene rings is 2. The molecule has 1 aromatic heterocycles. The van der Waals surface area contributed by atoms with Gasteiger partial charge in [0.1, 0.15) is 5.75 Å². The minimum absolute atomic E-state index is 0.0371. The molecule has 0 unspecified atom stereocenters. The summed E-state index contributed by atoms with van der Waals surface area (Å²) in [4.78, 5) is 28.9. The summed E-state index contributed by atoms with van der Waals surface area (Å²) in [5, 5.41) is 8.18. The zero-order valence-corrected chi connectivity index (χ0v) is 18.3. The molecule has 3 rings (SSSR count). The fourth-order valence-electron chi connectivity index (χ4n) is 2.64. The van der Waals surface area contributed by atoms with Crippen molar-refractivity contribution in [3.8, 4) is 17.0 Å². The van der Waals surface area contributed by atoms with E-state index in [0.717, 1.165) is 28.3 Å². The SMILES string of the molecule is COc1cccc(CC(=O)Nc2nc(-c3ccc(NC(=O)C(C)(C)C)cc3)cs2)c1. The number of carbonyl (C=O) groups is 2. The lowest BCUT2D eigenvalue weighted by Crippen LogP contribution is -2.27. The first kappa shape index (κ1) is 21.5. The molecule has 0 bridgehead atoms. The molecular formula is C23H25N3O3S. The number of anilines is 2. The summed E-state index contributed by atoms with van der Waals surface area (Å²) in [7, 11) is 1.60. The van der Waals surface area contributed by atoms with Gasteiger partial charge in [-0.2, -0.15) is 0 Å². The van der Waals surface area contributed by atoms with Crippen LogP contribution in [0.15, 0.2) is 53.9 Å². The summed E-state index contributed by atoms with van der Waals surface area (Å²) in [6, 6.07) is 14.9. The van der Waals surface area contributed by atoms with E-state index in [0.29, 0.717) is 5.13 Å². The number of methoxy groups -OCH3 is 1. The van der Waals surface area contributed by atoms with E-state index in [-0.39, 0.29) is 18.2 Å². The predicted molar refractivity (Wildman–Crippen MR) is 121 cm³/mol. The summed E-state index contributed by atoms with van der Waals surface area (Å²) < 4.78 is 5.19. The van der Waals surface area contributed by atoms with Crippen LogP contribution in [0.5, 0.6) is 5.75 Å². The number of aromatic nitrogens is 1. The van der Waals surface area contributed by atoms with Gasteiger partial charge in [-0.15, -0.1) is 11.3 Å². The van der Waals surface area contributed by atoms with Crippen molar-refractivity contribution in [1.29, 1.82) is 0 Å². The molecule has 0 saturated heterocycles. The smallest absolute Gasteiger partial charge is 0.230 e. The minimum Gasteiger partial charge on any atom is -0.497 e. The Bertz CT molecular complexity index is 1040. The molecule has 6 nitrogen and oxygen atoms in total. The lowest BCUT2D eigenvalue weighted by molar-refractivity contribution is -0.123. The van der Waals surface area contributed by atoms with Crippen LogP contribution in [0.3, 0.4) is 0 Å². The number of rotatable bonds is 6. The third kappa shape index (κ3) is 5.67. The molecule has 2 amide bonds. The maximum atomic E-state index is 12.3. The Morgan fingerprint density at radius 2 is 1.80 bits per heavy atom. The van der Waals surface area contributed by atoms with Gasteiger partial charge < -0.3 is 15.4 Å². The number of amides is 2. The maximum absolute atomic E-state index is 12.3. The quantitative estimate of drug-likeness (QED) is 0.586. The summed E-state index contributed by atoms with van der Waals surface area (Å²) in [5.41, 5.74) is 2.84. The topological polar surface area (TPSA) is 80.3 Å². The average Bonchev–Trinajstić information content (AvgIpc) is 3.16. The zero-order valence-electron chi connectivity index (χ0n) is 17.5. The second-order valence-electron chi connectivity index (χ2n) is 7.90. The van der Waals surface area contributed by atoms with Crippen molar-refractivity contribution in [3.05, 3.63) is 59.5 Å². The number of nitrogens with zero attached hydrogens (tertiary/aromatic N) is 1. The Kier molecular flexibility index (Phi) is 6.52. The van der Waals surface area contributed by atoms with E-state index in [2.05, 4.69) is 15.6 Å². The number of hydrogen-bond acceptors (Lipinski definition) is 5. The second kappa shape index (κ2) is 9.09. The van der Waals surface area contributed by atoms with Gasteiger partial charge in [0.05, 0.1) is 19.2 Å². The number of ether oxygens (including phenoxy) is 1. The summed E-state index contributed by atoms with van der Waals surface area (Å²) in [5.74, 6) is 0.549. The van der Waals surface area contributed by atoms with E-state index in [4.69, 9.17) is 4.74 Å². The third-order valence-corrected chi connectivity index (χ3v) is 5.13. The van der Waals surface area contributed by atoms with Gasteiger partial charge in [-0.1, -0.05) is 45.0 Å².